The number of anilines is 1. The maximum absolute atomic E-state index is 13.2. The fraction of sp³-hybridized carbons (Fsp3) is 0.391. The normalized spacial score (nSPS) is 18.9. The van der Waals surface area contributed by atoms with Crippen LogP contribution >= 0.6 is 0 Å². The number of hydrogen-bond donors (Lipinski definition) is 2. The van der Waals surface area contributed by atoms with Crippen LogP contribution in [0.1, 0.15) is 24.8 Å². The molecule has 1 saturated heterocycles. The number of aryl methyl sites for hydroxylation is 1. The van der Waals surface area contributed by atoms with E-state index < -0.39 is 10.0 Å². The summed E-state index contributed by atoms with van der Waals surface area (Å²) in [5.41, 5.74) is 1.57. The second kappa shape index (κ2) is 9.70. The Kier molecular flexibility index (Phi) is 6.76. The van der Waals surface area contributed by atoms with Crippen LogP contribution in [0.4, 0.5) is 5.69 Å². The van der Waals surface area contributed by atoms with E-state index in [1.807, 2.05) is 18.2 Å². The van der Waals surface area contributed by atoms with Crippen LogP contribution in [0.5, 0.6) is 5.75 Å². The molecule has 32 heavy (non-hydrogen) atoms. The van der Waals surface area contributed by atoms with Gasteiger partial charge in [-0.15, -0.1) is 0 Å². The predicted molar refractivity (Wildman–Crippen MR) is 120 cm³/mol. The second-order valence-corrected chi connectivity index (χ2v) is 10.0. The molecular formula is C23H27N3O5S. The zero-order valence-electron chi connectivity index (χ0n) is 17.7. The molecule has 0 aromatic heterocycles. The van der Waals surface area contributed by atoms with Gasteiger partial charge in [0.15, 0.2) is 6.61 Å². The molecule has 170 valence electrons. The van der Waals surface area contributed by atoms with Crippen LogP contribution in [-0.2, 0) is 26.0 Å². The molecule has 8 nitrogen and oxygen atoms in total. The minimum absolute atomic E-state index is 0.0750. The number of sulfonamides is 1. The van der Waals surface area contributed by atoms with Gasteiger partial charge in [0.1, 0.15) is 5.75 Å². The summed E-state index contributed by atoms with van der Waals surface area (Å²) in [6.45, 7) is 0.974. The fourth-order valence-electron chi connectivity index (χ4n) is 4.04. The number of benzene rings is 2. The molecule has 0 saturated carbocycles. The number of carbonyl (C=O) groups excluding carboxylic acids is 2. The largest absolute Gasteiger partial charge is 0.482 e. The van der Waals surface area contributed by atoms with Crippen molar-refractivity contribution in [3.05, 3.63) is 54.1 Å². The lowest BCUT2D eigenvalue weighted by Gasteiger charge is -2.31. The Bertz CT molecular complexity index is 1090. The molecule has 2 aliphatic rings. The molecule has 2 aromatic rings. The molecule has 2 aliphatic heterocycles. The van der Waals surface area contributed by atoms with Gasteiger partial charge >= 0.3 is 0 Å². The van der Waals surface area contributed by atoms with Crippen molar-refractivity contribution in [3.8, 4) is 5.75 Å². The lowest BCUT2D eigenvalue weighted by molar-refractivity contribution is -0.126. The Balaban J connectivity index is 1.35. The molecule has 0 spiro atoms. The van der Waals surface area contributed by atoms with E-state index in [4.69, 9.17) is 4.74 Å². The maximum Gasteiger partial charge on any atom is 0.262 e. The molecular weight excluding hydrogens is 430 g/mol. The van der Waals surface area contributed by atoms with Crippen LogP contribution in [0.25, 0.3) is 0 Å². The second-order valence-electron chi connectivity index (χ2n) is 8.08. The third kappa shape index (κ3) is 5.11. The van der Waals surface area contributed by atoms with E-state index >= 15 is 0 Å². The summed E-state index contributed by atoms with van der Waals surface area (Å²) in [6, 6.07) is 14.5. The van der Waals surface area contributed by atoms with Gasteiger partial charge in [0.05, 0.1) is 16.5 Å². The van der Waals surface area contributed by atoms with E-state index in [9.17, 15) is 18.0 Å². The molecule has 2 heterocycles. The third-order valence-electron chi connectivity index (χ3n) is 5.76. The number of ether oxygens (including phenoxy) is 1. The molecule has 2 amide bonds. The van der Waals surface area contributed by atoms with Gasteiger partial charge in [-0.25, -0.2) is 8.42 Å². The monoisotopic (exact) mass is 457 g/mol. The van der Waals surface area contributed by atoms with Crippen LogP contribution in [-0.4, -0.2) is 50.8 Å². The number of piperidine rings is 1. The molecule has 2 N–H and O–H groups in total. The summed E-state index contributed by atoms with van der Waals surface area (Å²) < 4.78 is 33.0. The summed E-state index contributed by atoms with van der Waals surface area (Å²) in [6.07, 6.45) is 2.98. The molecule has 0 bridgehead atoms. The summed E-state index contributed by atoms with van der Waals surface area (Å²) in [5, 5.41) is 5.59. The highest BCUT2D eigenvalue weighted by Gasteiger charge is 2.34. The molecule has 0 aliphatic carbocycles. The van der Waals surface area contributed by atoms with E-state index in [2.05, 4.69) is 22.8 Å². The lowest BCUT2D eigenvalue weighted by atomic mass is 9.99. The van der Waals surface area contributed by atoms with E-state index in [1.165, 1.54) is 22.0 Å². The summed E-state index contributed by atoms with van der Waals surface area (Å²) in [4.78, 5) is 24.3. The number of amides is 2. The Morgan fingerprint density at radius 3 is 2.81 bits per heavy atom. The zero-order valence-corrected chi connectivity index (χ0v) is 18.6. The van der Waals surface area contributed by atoms with E-state index in [1.54, 1.807) is 6.07 Å². The van der Waals surface area contributed by atoms with Crippen molar-refractivity contribution in [1.82, 2.24) is 9.62 Å². The molecule has 1 atom stereocenters. The lowest BCUT2D eigenvalue weighted by Crippen LogP contribution is -2.45. The van der Waals surface area contributed by atoms with Crippen molar-refractivity contribution in [3.63, 3.8) is 0 Å². The number of hydrogen-bond acceptors (Lipinski definition) is 5. The van der Waals surface area contributed by atoms with Crippen LogP contribution in [0.15, 0.2) is 53.4 Å². The first-order chi connectivity index (χ1) is 15.4. The highest BCUT2D eigenvalue weighted by molar-refractivity contribution is 7.89. The number of nitrogens with one attached hydrogen (secondary N) is 2. The van der Waals surface area contributed by atoms with Gasteiger partial charge < -0.3 is 15.4 Å². The molecule has 1 fully saturated rings. The topological polar surface area (TPSA) is 105 Å². The van der Waals surface area contributed by atoms with Gasteiger partial charge in [0.25, 0.3) is 5.91 Å². The minimum atomic E-state index is -3.79. The van der Waals surface area contributed by atoms with E-state index in [-0.39, 0.29) is 35.8 Å². The standard InChI is InChI=1S/C23H27N3O5S/c27-22-16-31-21-11-10-19(14-20(21)25-22)32(29,30)26-13-5-9-18(15-26)23(28)24-12-4-8-17-6-2-1-3-7-17/h1-3,6-7,10-11,14,18H,4-5,8-9,12-13,15-16H2,(H,24,28)(H,25,27)/t18-/m0/s1. The number of carbonyl (C=O) groups is 2. The average Bonchev–Trinajstić information content (AvgIpc) is 2.82. The average molecular weight is 458 g/mol. The zero-order chi connectivity index (χ0) is 22.6. The fourth-order valence-corrected chi connectivity index (χ4v) is 5.59. The number of rotatable bonds is 7. The van der Waals surface area contributed by atoms with Crippen molar-refractivity contribution in [2.45, 2.75) is 30.6 Å². The quantitative estimate of drug-likeness (QED) is 0.620. The van der Waals surface area contributed by atoms with E-state index in [0.29, 0.717) is 37.4 Å². The highest BCUT2D eigenvalue weighted by atomic mass is 32.2. The molecule has 0 unspecified atom stereocenters. The predicted octanol–water partition coefficient (Wildman–Crippen LogP) is 2.17. The van der Waals surface area contributed by atoms with Gasteiger partial charge in [-0.05, 0) is 49.4 Å². The summed E-state index contributed by atoms with van der Waals surface area (Å²) in [5.74, 6) is -0.371. The van der Waals surface area contributed by atoms with Crippen molar-refractivity contribution in [2.24, 2.45) is 5.92 Å². The maximum atomic E-state index is 13.2. The van der Waals surface area contributed by atoms with Crippen molar-refractivity contribution in [1.29, 1.82) is 0 Å². The molecule has 9 heteroatoms. The summed E-state index contributed by atoms with van der Waals surface area (Å²) >= 11 is 0. The van der Waals surface area contributed by atoms with Gasteiger partial charge in [-0.2, -0.15) is 4.31 Å². The van der Waals surface area contributed by atoms with Crippen molar-refractivity contribution < 1.29 is 22.7 Å². The molecule has 0 radical (unpaired) electrons. The number of nitrogens with zero attached hydrogens (tertiary/aromatic N) is 1. The van der Waals surface area contributed by atoms with Crippen LogP contribution in [0, 0.1) is 5.92 Å². The van der Waals surface area contributed by atoms with Gasteiger partial charge in [0.2, 0.25) is 15.9 Å². The SMILES string of the molecule is O=C1COc2ccc(S(=O)(=O)N3CCC[C@H](C(=O)NCCCc4ccccc4)C3)cc2N1. The molecule has 2 aromatic carbocycles. The highest BCUT2D eigenvalue weighted by Crippen LogP contribution is 2.32. The minimum Gasteiger partial charge on any atom is -0.482 e. The number of fused-ring (bicyclic) bond motifs is 1. The van der Waals surface area contributed by atoms with Crippen LogP contribution in [0.2, 0.25) is 0 Å². The smallest absolute Gasteiger partial charge is 0.262 e. The third-order valence-corrected chi connectivity index (χ3v) is 7.62. The van der Waals surface area contributed by atoms with Crippen molar-refractivity contribution >= 4 is 27.5 Å². The van der Waals surface area contributed by atoms with Gasteiger partial charge in [-0.3, -0.25) is 9.59 Å². The molecule has 4 rings (SSSR count). The Hall–Kier alpha value is -2.91. The summed E-state index contributed by atoms with van der Waals surface area (Å²) in [7, 11) is -3.79. The van der Waals surface area contributed by atoms with Gasteiger partial charge in [0, 0.05) is 19.6 Å². The Labute approximate surface area is 188 Å². The first kappa shape index (κ1) is 22.3. The first-order valence-corrected chi connectivity index (χ1v) is 12.3. The van der Waals surface area contributed by atoms with Gasteiger partial charge in [-0.1, -0.05) is 30.3 Å². The van der Waals surface area contributed by atoms with E-state index in [0.717, 1.165) is 12.8 Å². The van der Waals surface area contributed by atoms with Crippen molar-refractivity contribution in [2.75, 3.05) is 31.6 Å². The van der Waals surface area contributed by atoms with Crippen LogP contribution < -0.4 is 15.4 Å². The Morgan fingerprint density at radius 2 is 2.00 bits per heavy atom. The Morgan fingerprint density at radius 1 is 1.19 bits per heavy atom. The first-order valence-electron chi connectivity index (χ1n) is 10.8. The van der Waals surface area contributed by atoms with Crippen LogP contribution in [0.3, 0.4) is 0 Å².